The van der Waals surface area contributed by atoms with Gasteiger partial charge in [-0.05, 0) is 42.0 Å². The third-order valence-electron chi connectivity index (χ3n) is 5.06. The number of para-hydroxylation sites is 1. The predicted octanol–water partition coefficient (Wildman–Crippen LogP) is 3.69. The van der Waals surface area contributed by atoms with Gasteiger partial charge in [0.1, 0.15) is 23.4 Å². The molecule has 0 aliphatic carbocycles. The zero-order chi connectivity index (χ0) is 23.5. The Balaban J connectivity index is 1.78. The van der Waals surface area contributed by atoms with E-state index in [1.54, 1.807) is 45.0 Å². The number of nitrogens with one attached hydrogen (secondary N) is 2. The van der Waals surface area contributed by atoms with E-state index in [2.05, 4.69) is 4.98 Å². The van der Waals surface area contributed by atoms with Crippen molar-refractivity contribution < 1.29 is 24.2 Å². The normalized spacial score (nSPS) is 12.4. The van der Waals surface area contributed by atoms with Crippen LogP contribution in [0.1, 0.15) is 38.1 Å². The fourth-order valence-corrected chi connectivity index (χ4v) is 3.54. The average molecular weight is 443 g/mol. The number of carbonyl (C=O) groups excluding carboxylic acids is 1. The molecule has 1 amide bonds. The lowest BCUT2D eigenvalue weighted by Gasteiger charge is -2.29. The van der Waals surface area contributed by atoms with E-state index in [9.17, 15) is 19.1 Å². The molecule has 0 radical (unpaired) electrons. The summed E-state index contributed by atoms with van der Waals surface area (Å²) in [6.07, 6.45) is 0.318. The van der Waals surface area contributed by atoms with E-state index in [0.717, 1.165) is 4.57 Å². The highest BCUT2D eigenvalue weighted by atomic mass is 19.1. The van der Waals surface area contributed by atoms with Gasteiger partial charge in [0.25, 0.3) is 5.91 Å². The van der Waals surface area contributed by atoms with Crippen molar-refractivity contribution in [1.29, 1.82) is 0 Å². The van der Waals surface area contributed by atoms with Crippen LogP contribution in [0.4, 0.5) is 4.39 Å². The van der Waals surface area contributed by atoms with Crippen LogP contribution < -0.4 is 15.9 Å². The van der Waals surface area contributed by atoms with E-state index in [4.69, 9.17) is 9.94 Å². The minimum absolute atomic E-state index is 0.126. The molecule has 1 aromatic heterocycles. The number of aryl methyl sites for hydroxylation is 2. The number of amides is 1. The maximum Gasteiger partial charge on any atom is 0.329 e. The maximum absolute atomic E-state index is 14.6. The number of imidazole rings is 1. The lowest BCUT2D eigenvalue weighted by atomic mass is 9.86. The predicted molar refractivity (Wildman–Crippen MR) is 115 cm³/mol. The Morgan fingerprint density at radius 1 is 1.16 bits per heavy atom. The number of rotatable bonds is 7. The van der Waals surface area contributed by atoms with Crippen molar-refractivity contribution in [2.24, 2.45) is 5.41 Å². The molecule has 0 aliphatic heterocycles. The number of aromatic amines is 1. The highest BCUT2D eigenvalue weighted by Gasteiger charge is 2.36. The molecule has 1 heterocycles. The molecular weight excluding hydrogens is 417 g/mol. The number of aromatic nitrogens is 2. The Hall–Kier alpha value is -3.59. The number of hydrogen-bond acceptors (Lipinski definition) is 5. The molecule has 1 unspecified atom stereocenters. The second-order valence-electron chi connectivity index (χ2n) is 8.52. The van der Waals surface area contributed by atoms with E-state index in [1.807, 2.05) is 18.2 Å². The van der Waals surface area contributed by atoms with Gasteiger partial charge in [0.2, 0.25) is 5.88 Å². The molecule has 3 aromatic rings. The van der Waals surface area contributed by atoms with Crippen LogP contribution in [0.3, 0.4) is 0 Å². The summed E-state index contributed by atoms with van der Waals surface area (Å²) in [4.78, 5) is 27.1. The van der Waals surface area contributed by atoms with E-state index >= 15 is 0 Å². The van der Waals surface area contributed by atoms with E-state index in [1.165, 1.54) is 11.5 Å². The van der Waals surface area contributed by atoms with Crippen molar-refractivity contribution in [3.05, 3.63) is 76.1 Å². The Kier molecular flexibility index (Phi) is 6.69. The number of hydrogen-bond donors (Lipinski definition) is 4. The molecule has 170 valence electrons. The molecule has 4 N–H and O–H groups in total. The van der Waals surface area contributed by atoms with E-state index < -0.39 is 34.8 Å². The van der Waals surface area contributed by atoms with Gasteiger partial charge in [-0.25, -0.2) is 19.2 Å². The van der Waals surface area contributed by atoms with Gasteiger partial charge in [-0.15, -0.1) is 0 Å². The molecule has 0 saturated heterocycles. The second-order valence-corrected chi connectivity index (χ2v) is 8.52. The van der Waals surface area contributed by atoms with Crippen LogP contribution in [0.2, 0.25) is 0 Å². The quantitative estimate of drug-likeness (QED) is 0.328. The van der Waals surface area contributed by atoms with Crippen molar-refractivity contribution in [3.63, 3.8) is 0 Å². The first-order valence-electron chi connectivity index (χ1n) is 10.1. The highest BCUT2D eigenvalue weighted by Crippen LogP contribution is 2.33. The molecule has 0 saturated carbocycles. The third-order valence-corrected chi connectivity index (χ3v) is 5.06. The summed E-state index contributed by atoms with van der Waals surface area (Å²) >= 11 is 0. The fraction of sp³-hybridized carbons (Fsp3) is 0.304. The van der Waals surface area contributed by atoms with Crippen LogP contribution in [-0.4, -0.2) is 25.8 Å². The van der Waals surface area contributed by atoms with Crippen LogP contribution in [0.5, 0.6) is 17.4 Å². The first-order valence-corrected chi connectivity index (χ1v) is 10.1. The highest BCUT2D eigenvalue weighted by molar-refractivity contribution is 5.80. The summed E-state index contributed by atoms with van der Waals surface area (Å²) in [5.41, 5.74) is 0.592. The van der Waals surface area contributed by atoms with Crippen molar-refractivity contribution in [2.45, 2.75) is 39.7 Å². The standard InChI is InChI=1S/C23H26FN3O5/c1-23(2,3)19(20(28)26-31)27-21(29)18(25-22(27)30)12-10-14-9-11-16(13-17(14)24)32-15-7-5-4-6-8-15/h4-9,11,13,19,29,31H,10,12H2,1-3H3,(H,25,30)(H,26,28). The first-order chi connectivity index (χ1) is 15.1. The molecule has 0 aliphatic rings. The van der Waals surface area contributed by atoms with Gasteiger partial charge in [-0.1, -0.05) is 45.0 Å². The molecule has 0 spiro atoms. The summed E-state index contributed by atoms with van der Waals surface area (Å²) in [5, 5.41) is 19.7. The van der Waals surface area contributed by atoms with Crippen LogP contribution in [-0.2, 0) is 17.6 Å². The molecule has 0 bridgehead atoms. The lowest BCUT2D eigenvalue weighted by molar-refractivity contribution is -0.136. The van der Waals surface area contributed by atoms with Crippen LogP contribution in [0.15, 0.2) is 53.3 Å². The summed E-state index contributed by atoms with van der Waals surface area (Å²) in [7, 11) is 0. The van der Waals surface area contributed by atoms with Crippen molar-refractivity contribution in [3.8, 4) is 17.4 Å². The molecule has 2 aromatic carbocycles. The molecule has 8 nitrogen and oxygen atoms in total. The number of carbonyl (C=O) groups is 1. The molecule has 3 rings (SSSR count). The number of H-pyrrole nitrogens is 1. The number of ether oxygens (including phenoxy) is 1. The lowest BCUT2D eigenvalue weighted by Crippen LogP contribution is -2.41. The smallest absolute Gasteiger partial charge is 0.329 e. The molecule has 32 heavy (non-hydrogen) atoms. The van der Waals surface area contributed by atoms with Crippen molar-refractivity contribution in [1.82, 2.24) is 15.0 Å². The summed E-state index contributed by atoms with van der Waals surface area (Å²) in [6, 6.07) is 12.3. The molecule has 1 atom stereocenters. The summed E-state index contributed by atoms with van der Waals surface area (Å²) in [5.74, 6) is -0.804. The number of halogens is 1. The number of aromatic hydroxyl groups is 1. The minimum atomic E-state index is -1.16. The van der Waals surface area contributed by atoms with Gasteiger partial charge in [0, 0.05) is 6.07 Å². The van der Waals surface area contributed by atoms with Crippen LogP contribution in [0.25, 0.3) is 0 Å². The molecule has 9 heteroatoms. The molecular formula is C23H26FN3O5. The van der Waals surface area contributed by atoms with Gasteiger partial charge in [0.15, 0.2) is 0 Å². The molecule has 0 fully saturated rings. The monoisotopic (exact) mass is 443 g/mol. The van der Waals surface area contributed by atoms with Crippen LogP contribution >= 0.6 is 0 Å². The summed E-state index contributed by atoms with van der Waals surface area (Å²) < 4.78 is 21.1. The number of nitrogens with zero attached hydrogens (tertiary/aromatic N) is 1. The maximum atomic E-state index is 14.6. The van der Waals surface area contributed by atoms with Gasteiger partial charge in [-0.3, -0.25) is 10.0 Å². The zero-order valence-electron chi connectivity index (χ0n) is 18.1. The van der Waals surface area contributed by atoms with Gasteiger partial charge in [-0.2, -0.15) is 0 Å². The Labute approximate surface area is 184 Å². The minimum Gasteiger partial charge on any atom is -0.493 e. The third kappa shape index (κ3) is 5.00. The second kappa shape index (κ2) is 9.27. The number of hydroxylamine groups is 1. The van der Waals surface area contributed by atoms with Gasteiger partial charge >= 0.3 is 5.69 Å². The van der Waals surface area contributed by atoms with Crippen molar-refractivity contribution >= 4 is 5.91 Å². The Morgan fingerprint density at radius 2 is 1.84 bits per heavy atom. The first kappa shape index (κ1) is 23.1. The Morgan fingerprint density at radius 3 is 2.44 bits per heavy atom. The van der Waals surface area contributed by atoms with Gasteiger partial charge < -0.3 is 14.8 Å². The zero-order valence-corrected chi connectivity index (χ0v) is 18.1. The van der Waals surface area contributed by atoms with E-state index in [0.29, 0.717) is 17.1 Å². The fourth-order valence-electron chi connectivity index (χ4n) is 3.54. The van der Waals surface area contributed by atoms with E-state index in [-0.39, 0.29) is 18.5 Å². The topological polar surface area (TPSA) is 117 Å². The van der Waals surface area contributed by atoms with Crippen LogP contribution in [0, 0.1) is 11.2 Å². The SMILES string of the molecule is CC(C)(C)C(C(=O)NO)n1c(O)c(CCc2ccc(Oc3ccccc3)cc2F)[nH]c1=O. The average Bonchev–Trinajstić information content (AvgIpc) is 3.01. The largest absolute Gasteiger partial charge is 0.493 e. The number of benzene rings is 2. The summed E-state index contributed by atoms with van der Waals surface area (Å²) in [6.45, 7) is 5.08. The Bertz CT molecular complexity index is 1150. The van der Waals surface area contributed by atoms with Crippen molar-refractivity contribution in [2.75, 3.05) is 0 Å². The van der Waals surface area contributed by atoms with Gasteiger partial charge in [0.05, 0.1) is 5.69 Å².